The topological polar surface area (TPSA) is 183 Å². The molecule has 3 aliphatic heterocycles. The van der Waals surface area contributed by atoms with Crippen LogP contribution in [-0.4, -0.2) is 68.8 Å². The van der Waals surface area contributed by atoms with Crippen LogP contribution < -0.4 is 15.5 Å². The first kappa shape index (κ1) is 24.7. The number of nitrogens with zero attached hydrogens (tertiary/aromatic N) is 3. The number of anilines is 1. The van der Waals surface area contributed by atoms with Gasteiger partial charge in [0.05, 0.1) is 47.5 Å². The van der Waals surface area contributed by atoms with Gasteiger partial charge in [0.25, 0.3) is 0 Å². The van der Waals surface area contributed by atoms with Crippen molar-refractivity contribution in [1.29, 1.82) is 0 Å². The molecule has 0 radical (unpaired) electrons. The van der Waals surface area contributed by atoms with Gasteiger partial charge in [0, 0.05) is 21.8 Å². The fourth-order valence-corrected chi connectivity index (χ4v) is 6.51. The largest absolute Gasteiger partial charge is 0.545 e. The van der Waals surface area contributed by atoms with E-state index in [1.54, 1.807) is 6.92 Å². The molecule has 0 bridgehead atoms. The molecule has 0 aliphatic carbocycles. The van der Waals surface area contributed by atoms with Gasteiger partial charge in [-0.3, -0.25) is 9.59 Å². The number of aliphatic hydroxyl groups is 1. The Labute approximate surface area is 203 Å². The number of hydrogen-bond acceptors (Lipinski definition) is 10. The molecule has 2 fully saturated rings. The van der Waals surface area contributed by atoms with E-state index >= 15 is 0 Å². The SMILES string of the molecule is C[C@@H](O)[C@H]1C(=O)N2C(C(=O)[O-])=C(S[C@H]3C[C@@H](C(=O)Nc4cccc(C(=O)[O-])c4)N(N=O)C3)[C@H](C)[C@H]12. The van der Waals surface area contributed by atoms with Crippen molar-refractivity contribution in [1.82, 2.24) is 9.91 Å². The van der Waals surface area contributed by atoms with Gasteiger partial charge >= 0.3 is 0 Å². The second-order valence-corrected chi connectivity index (χ2v) is 10.1. The molecule has 6 atom stereocenters. The highest BCUT2D eigenvalue weighted by molar-refractivity contribution is 8.03. The summed E-state index contributed by atoms with van der Waals surface area (Å²) in [6, 6.07) is 3.99. The predicted octanol–water partition coefficient (Wildman–Crippen LogP) is -1.33. The number of β-lactam (4-membered cyclic amide) rings is 1. The normalized spacial score (nSPS) is 28.4. The summed E-state index contributed by atoms with van der Waals surface area (Å²) in [5.74, 6) is -5.08. The summed E-state index contributed by atoms with van der Waals surface area (Å²) in [6.07, 6.45) is -0.791. The van der Waals surface area contributed by atoms with E-state index in [9.17, 15) is 39.4 Å². The van der Waals surface area contributed by atoms with Crippen molar-refractivity contribution in [2.45, 2.75) is 43.7 Å². The van der Waals surface area contributed by atoms with Crippen LogP contribution >= 0.6 is 11.8 Å². The summed E-state index contributed by atoms with van der Waals surface area (Å²) in [5, 5.41) is 39.0. The van der Waals surface area contributed by atoms with Crippen LogP contribution in [0.5, 0.6) is 0 Å². The van der Waals surface area contributed by atoms with Crippen molar-refractivity contribution >= 4 is 41.2 Å². The Morgan fingerprint density at radius 2 is 1.97 bits per heavy atom. The molecule has 3 aliphatic rings. The van der Waals surface area contributed by atoms with E-state index in [0.717, 1.165) is 21.7 Å². The van der Waals surface area contributed by atoms with E-state index < -0.39 is 53.1 Å². The molecule has 0 aromatic heterocycles. The predicted molar refractivity (Wildman–Crippen MR) is 119 cm³/mol. The van der Waals surface area contributed by atoms with Crippen LogP contribution in [-0.2, 0) is 14.4 Å². The average molecular weight is 503 g/mol. The first-order valence-corrected chi connectivity index (χ1v) is 11.8. The van der Waals surface area contributed by atoms with Crippen LogP contribution in [0.4, 0.5) is 5.69 Å². The molecular weight excluding hydrogens is 480 g/mol. The number of nitrogens with one attached hydrogen (secondary N) is 1. The number of nitroso groups, excluding NO2 is 1. The molecule has 186 valence electrons. The zero-order valence-electron chi connectivity index (χ0n) is 18.7. The van der Waals surface area contributed by atoms with E-state index in [1.165, 1.54) is 31.2 Å². The molecule has 4 rings (SSSR count). The molecule has 2 saturated heterocycles. The van der Waals surface area contributed by atoms with Gasteiger partial charge in [0.15, 0.2) is 0 Å². The fraction of sp³-hybridized carbons (Fsp3) is 0.455. The van der Waals surface area contributed by atoms with Gasteiger partial charge in [-0.25, -0.2) is 5.01 Å². The molecule has 0 saturated carbocycles. The van der Waals surface area contributed by atoms with Crippen molar-refractivity contribution in [2.24, 2.45) is 17.1 Å². The minimum absolute atomic E-state index is 0.0559. The third-order valence-electron chi connectivity index (χ3n) is 6.61. The number of aliphatic hydroxyl groups excluding tert-OH is 1. The second-order valence-electron chi connectivity index (χ2n) is 8.81. The summed E-state index contributed by atoms with van der Waals surface area (Å²) in [6.45, 7) is 3.30. The van der Waals surface area contributed by atoms with Crippen LogP contribution in [0.1, 0.15) is 30.6 Å². The van der Waals surface area contributed by atoms with Crippen molar-refractivity contribution < 1.29 is 34.5 Å². The third kappa shape index (κ3) is 4.25. The van der Waals surface area contributed by atoms with Crippen molar-refractivity contribution in [2.75, 3.05) is 11.9 Å². The van der Waals surface area contributed by atoms with Gasteiger partial charge in [-0.1, -0.05) is 19.1 Å². The standard InChI is InChI=1S/C22H24N4O8S/c1-9-16-15(10(2)27)20(29)26(16)17(22(32)33)18(9)35-13-7-14(25(8-13)24-34)19(28)23-12-5-3-4-11(6-12)21(30)31/h3-6,9-10,13-16,27H,7-8H2,1-2H3,(H,23,28)(H,30,31)(H,32,33)/p-2/t9-,10-,13+,14+,15-,16-/m1/s1. The van der Waals surface area contributed by atoms with Crippen LogP contribution in [0.25, 0.3) is 0 Å². The quantitative estimate of drug-likeness (QED) is 0.319. The number of carbonyl (C=O) groups excluding carboxylic acids is 4. The molecule has 12 nitrogen and oxygen atoms in total. The first-order valence-electron chi connectivity index (χ1n) is 10.9. The van der Waals surface area contributed by atoms with E-state index in [1.807, 2.05) is 0 Å². The average Bonchev–Trinajstić information content (AvgIpc) is 3.31. The maximum Gasteiger partial charge on any atom is 0.248 e. The van der Waals surface area contributed by atoms with Crippen LogP contribution in [0, 0.1) is 16.7 Å². The summed E-state index contributed by atoms with van der Waals surface area (Å²) < 4.78 is 0. The number of benzene rings is 1. The van der Waals surface area contributed by atoms with Crippen LogP contribution in [0.2, 0.25) is 0 Å². The highest BCUT2D eigenvalue weighted by Gasteiger charge is 2.59. The third-order valence-corrected chi connectivity index (χ3v) is 8.10. The lowest BCUT2D eigenvalue weighted by Crippen LogP contribution is -2.64. The molecule has 1 aromatic rings. The molecule has 2 amide bonds. The lowest BCUT2D eigenvalue weighted by molar-refractivity contribution is -0.301. The van der Waals surface area contributed by atoms with Crippen LogP contribution in [0.15, 0.2) is 40.2 Å². The molecular formula is C22H22N4O8S-2. The second kappa shape index (κ2) is 9.30. The number of aromatic carboxylic acids is 1. The summed E-state index contributed by atoms with van der Waals surface area (Å²) >= 11 is 1.15. The molecule has 0 unspecified atom stereocenters. The number of carboxylic acids is 2. The van der Waals surface area contributed by atoms with E-state index in [4.69, 9.17) is 0 Å². The summed E-state index contributed by atoms with van der Waals surface area (Å²) in [7, 11) is 0. The Hall–Kier alpha value is -3.45. The van der Waals surface area contributed by atoms with Gasteiger partial charge in [0.2, 0.25) is 11.8 Å². The highest BCUT2D eigenvalue weighted by atomic mass is 32.2. The van der Waals surface area contributed by atoms with Gasteiger partial charge < -0.3 is 35.1 Å². The number of thioether (sulfide) groups is 1. The van der Waals surface area contributed by atoms with E-state index in [0.29, 0.717) is 4.91 Å². The van der Waals surface area contributed by atoms with E-state index in [-0.39, 0.29) is 35.8 Å². The van der Waals surface area contributed by atoms with Crippen molar-refractivity contribution in [3.05, 3.63) is 45.3 Å². The number of fused-ring (bicyclic) bond motifs is 1. The Morgan fingerprint density at radius 1 is 1.26 bits per heavy atom. The number of aliphatic carboxylic acids is 1. The molecule has 35 heavy (non-hydrogen) atoms. The fourth-order valence-electron chi connectivity index (χ4n) is 5.00. The molecule has 1 aromatic carbocycles. The molecule has 13 heteroatoms. The summed E-state index contributed by atoms with van der Waals surface area (Å²) in [4.78, 5) is 61.2. The highest BCUT2D eigenvalue weighted by Crippen LogP contribution is 2.52. The first-order chi connectivity index (χ1) is 16.5. The Balaban J connectivity index is 1.50. The number of carboxylic acid groups (broad SMARTS) is 2. The van der Waals surface area contributed by atoms with Gasteiger partial charge in [-0.15, -0.1) is 16.7 Å². The van der Waals surface area contributed by atoms with Crippen molar-refractivity contribution in [3.63, 3.8) is 0 Å². The monoisotopic (exact) mass is 502 g/mol. The van der Waals surface area contributed by atoms with Gasteiger partial charge in [-0.05, 0) is 31.0 Å². The maximum absolute atomic E-state index is 12.8. The zero-order chi connectivity index (χ0) is 25.6. The molecule has 0 spiro atoms. The number of hydrogen-bond donors (Lipinski definition) is 2. The minimum Gasteiger partial charge on any atom is -0.545 e. The van der Waals surface area contributed by atoms with Gasteiger partial charge in [-0.2, -0.15) is 0 Å². The summed E-state index contributed by atoms with van der Waals surface area (Å²) in [5.41, 5.74) is -0.163. The zero-order valence-corrected chi connectivity index (χ0v) is 19.6. The lowest BCUT2D eigenvalue weighted by Gasteiger charge is -2.47. The number of rotatable bonds is 8. The maximum atomic E-state index is 12.8. The van der Waals surface area contributed by atoms with Gasteiger partial charge in [0.1, 0.15) is 6.04 Å². The number of amides is 2. The Morgan fingerprint density at radius 3 is 2.57 bits per heavy atom. The minimum atomic E-state index is -1.51. The van der Waals surface area contributed by atoms with Crippen molar-refractivity contribution in [3.8, 4) is 0 Å². The number of carbonyl (C=O) groups is 4. The smallest absolute Gasteiger partial charge is 0.248 e. The molecule has 2 N–H and O–H groups in total. The Bertz CT molecular complexity index is 1140. The van der Waals surface area contributed by atoms with E-state index in [2.05, 4.69) is 10.6 Å². The molecule has 3 heterocycles. The Kier molecular flexibility index (Phi) is 6.56. The van der Waals surface area contributed by atoms with Crippen LogP contribution in [0.3, 0.4) is 0 Å². The lowest BCUT2D eigenvalue weighted by atomic mass is 9.79.